The molecule has 0 bridgehead atoms. The monoisotopic (exact) mass is 524 g/mol. The van der Waals surface area contributed by atoms with Gasteiger partial charge in [0.25, 0.3) is 5.69 Å². The zero-order chi connectivity index (χ0) is 26.8. The number of aromatic nitrogens is 1. The van der Waals surface area contributed by atoms with Gasteiger partial charge >= 0.3 is 0 Å². The van der Waals surface area contributed by atoms with E-state index in [4.69, 9.17) is 4.74 Å². The quantitative estimate of drug-likeness (QED) is 0.283. The summed E-state index contributed by atoms with van der Waals surface area (Å²) in [5.74, 6) is 0.363. The Bertz CT molecular complexity index is 1440. The molecule has 200 valence electrons. The Hall–Kier alpha value is -3.85. The average Bonchev–Trinajstić information content (AvgIpc) is 3.13. The average molecular weight is 525 g/mol. The van der Waals surface area contributed by atoms with Crippen molar-refractivity contribution in [1.29, 1.82) is 0 Å². The van der Waals surface area contributed by atoms with Crippen LogP contribution in [0.5, 0.6) is 5.75 Å². The molecular weight excluding hydrogens is 492 g/mol. The second-order valence-corrected chi connectivity index (χ2v) is 10.4. The standard InChI is InChI=1S/C31H32N4O4/c36-25(21-39-30-19-24(35(37)38)18-29-28(30)10-5-13-32-29)20-33-14-16-34(17-15-33)31-26-8-3-1-6-22(26)11-12-23-7-2-4-9-27(23)31/h1-10,13,18-19,25,31,36H,11-12,14-17,20-21H2. The molecule has 1 atom stereocenters. The number of nitro benzene ring substituents is 1. The molecule has 1 fully saturated rings. The number of hydrogen-bond donors (Lipinski definition) is 1. The molecule has 8 nitrogen and oxygen atoms in total. The van der Waals surface area contributed by atoms with Crippen LogP contribution in [0.25, 0.3) is 10.9 Å². The molecule has 1 N–H and O–H groups in total. The van der Waals surface area contributed by atoms with Gasteiger partial charge in [-0.3, -0.25) is 24.9 Å². The maximum Gasteiger partial charge on any atom is 0.275 e. The molecule has 1 unspecified atom stereocenters. The van der Waals surface area contributed by atoms with Crippen LogP contribution in [-0.2, 0) is 12.8 Å². The molecule has 1 aliphatic heterocycles. The Kier molecular flexibility index (Phi) is 7.24. The summed E-state index contributed by atoms with van der Waals surface area (Å²) in [7, 11) is 0. The van der Waals surface area contributed by atoms with Crippen LogP contribution in [0.1, 0.15) is 28.3 Å². The van der Waals surface area contributed by atoms with Gasteiger partial charge in [-0.05, 0) is 47.2 Å². The van der Waals surface area contributed by atoms with Crippen LogP contribution in [0.15, 0.2) is 79.0 Å². The maximum atomic E-state index is 11.4. The predicted molar refractivity (Wildman–Crippen MR) is 150 cm³/mol. The van der Waals surface area contributed by atoms with E-state index in [2.05, 4.69) is 63.3 Å². The van der Waals surface area contributed by atoms with Gasteiger partial charge in [-0.15, -0.1) is 0 Å². The van der Waals surface area contributed by atoms with Crippen LogP contribution in [0.4, 0.5) is 5.69 Å². The van der Waals surface area contributed by atoms with Crippen LogP contribution >= 0.6 is 0 Å². The molecule has 1 aliphatic carbocycles. The number of nitro groups is 1. The number of hydrogen-bond acceptors (Lipinski definition) is 7. The number of nitrogens with zero attached hydrogens (tertiary/aromatic N) is 4. The number of non-ortho nitro benzene ring substituents is 1. The van der Waals surface area contributed by atoms with E-state index in [-0.39, 0.29) is 18.3 Å². The lowest BCUT2D eigenvalue weighted by atomic mass is 9.92. The van der Waals surface area contributed by atoms with E-state index >= 15 is 0 Å². The third-order valence-electron chi connectivity index (χ3n) is 7.91. The summed E-state index contributed by atoms with van der Waals surface area (Å²) in [6.45, 7) is 4.04. The van der Waals surface area contributed by atoms with E-state index in [0.717, 1.165) is 39.0 Å². The molecule has 39 heavy (non-hydrogen) atoms. The number of pyridine rings is 1. The first kappa shape index (κ1) is 25.4. The first-order valence-corrected chi connectivity index (χ1v) is 13.5. The van der Waals surface area contributed by atoms with Gasteiger partial charge in [0.15, 0.2) is 0 Å². The third kappa shape index (κ3) is 5.36. The van der Waals surface area contributed by atoms with Crippen molar-refractivity contribution in [3.05, 3.63) is 111 Å². The minimum Gasteiger partial charge on any atom is -0.490 e. The van der Waals surface area contributed by atoms with Crippen molar-refractivity contribution in [2.75, 3.05) is 39.3 Å². The molecular formula is C31H32N4O4. The highest BCUT2D eigenvalue weighted by molar-refractivity contribution is 5.87. The van der Waals surface area contributed by atoms with Crippen molar-refractivity contribution >= 4 is 16.6 Å². The van der Waals surface area contributed by atoms with Gasteiger partial charge < -0.3 is 9.84 Å². The van der Waals surface area contributed by atoms with E-state index in [1.807, 2.05) is 6.07 Å². The van der Waals surface area contributed by atoms with Gasteiger partial charge in [0.05, 0.1) is 22.5 Å². The Morgan fingerprint density at radius 2 is 1.62 bits per heavy atom. The van der Waals surface area contributed by atoms with E-state index < -0.39 is 11.0 Å². The highest BCUT2D eigenvalue weighted by atomic mass is 16.6. The normalized spacial score (nSPS) is 17.3. The highest BCUT2D eigenvalue weighted by Gasteiger charge is 2.31. The van der Waals surface area contributed by atoms with Crippen molar-refractivity contribution in [1.82, 2.24) is 14.8 Å². The second kappa shape index (κ2) is 11.1. The SMILES string of the molecule is O=[N+]([O-])c1cc(OCC(O)CN2CCN(C3c4ccccc4CCc4ccccc43)CC2)c2cccnc2c1. The molecule has 3 aromatic carbocycles. The number of piperazine rings is 1. The fourth-order valence-corrected chi connectivity index (χ4v) is 5.99. The fraction of sp³-hybridized carbons (Fsp3) is 0.323. The largest absolute Gasteiger partial charge is 0.490 e. The molecule has 0 spiro atoms. The van der Waals surface area contributed by atoms with E-state index in [1.54, 1.807) is 12.3 Å². The van der Waals surface area contributed by atoms with Gasteiger partial charge in [-0.2, -0.15) is 0 Å². The summed E-state index contributed by atoms with van der Waals surface area (Å²) in [5.41, 5.74) is 6.08. The van der Waals surface area contributed by atoms with Gasteiger partial charge in [0.2, 0.25) is 0 Å². The van der Waals surface area contributed by atoms with Crippen LogP contribution in [0.2, 0.25) is 0 Å². The number of aryl methyl sites for hydroxylation is 2. The molecule has 0 radical (unpaired) electrons. The van der Waals surface area contributed by atoms with E-state index in [0.29, 0.717) is 23.2 Å². The van der Waals surface area contributed by atoms with Crippen LogP contribution in [-0.4, -0.2) is 70.2 Å². The lowest BCUT2D eigenvalue weighted by Crippen LogP contribution is -2.50. The number of aliphatic hydroxyl groups excluding tert-OH is 1. The van der Waals surface area contributed by atoms with Gasteiger partial charge in [-0.1, -0.05) is 48.5 Å². The minimum atomic E-state index is -0.720. The topological polar surface area (TPSA) is 92.0 Å². The Morgan fingerprint density at radius 3 is 2.28 bits per heavy atom. The summed E-state index contributed by atoms with van der Waals surface area (Å²) in [6.07, 6.45) is 3.00. The third-order valence-corrected chi connectivity index (χ3v) is 7.91. The molecule has 8 heteroatoms. The van der Waals surface area contributed by atoms with E-state index in [1.165, 1.54) is 34.4 Å². The summed E-state index contributed by atoms with van der Waals surface area (Å²) >= 11 is 0. The molecule has 6 rings (SSSR count). The number of fused-ring (bicyclic) bond motifs is 3. The summed E-state index contributed by atoms with van der Waals surface area (Å²) in [5, 5.41) is 22.8. The van der Waals surface area contributed by atoms with Crippen molar-refractivity contribution in [2.45, 2.75) is 25.0 Å². The summed E-state index contributed by atoms with van der Waals surface area (Å²) in [6, 6.07) is 24.3. The molecule has 4 aromatic rings. The van der Waals surface area contributed by atoms with Crippen LogP contribution in [0, 0.1) is 10.1 Å². The van der Waals surface area contributed by atoms with Crippen molar-refractivity contribution in [3.63, 3.8) is 0 Å². The van der Waals surface area contributed by atoms with E-state index in [9.17, 15) is 15.2 Å². The lowest BCUT2D eigenvalue weighted by molar-refractivity contribution is -0.384. The first-order valence-electron chi connectivity index (χ1n) is 13.5. The molecule has 0 saturated carbocycles. The van der Waals surface area contributed by atoms with Crippen molar-refractivity contribution in [2.24, 2.45) is 0 Å². The summed E-state index contributed by atoms with van der Waals surface area (Å²) < 4.78 is 5.89. The van der Waals surface area contributed by atoms with Crippen LogP contribution < -0.4 is 4.74 Å². The van der Waals surface area contributed by atoms with Gasteiger partial charge in [0, 0.05) is 50.4 Å². The highest BCUT2D eigenvalue weighted by Crippen LogP contribution is 2.37. The fourth-order valence-electron chi connectivity index (χ4n) is 5.99. The number of benzene rings is 3. The molecule has 0 amide bonds. The smallest absolute Gasteiger partial charge is 0.275 e. The molecule has 2 heterocycles. The minimum absolute atomic E-state index is 0.0503. The number of rotatable bonds is 7. The van der Waals surface area contributed by atoms with Crippen LogP contribution in [0.3, 0.4) is 0 Å². The maximum absolute atomic E-state index is 11.4. The Morgan fingerprint density at radius 1 is 0.949 bits per heavy atom. The number of ether oxygens (including phenoxy) is 1. The second-order valence-electron chi connectivity index (χ2n) is 10.4. The summed E-state index contributed by atoms with van der Waals surface area (Å²) in [4.78, 5) is 20.0. The Labute approximate surface area is 227 Å². The zero-order valence-electron chi connectivity index (χ0n) is 21.8. The zero-order valence-corrected chi connectivity index (χ0v) is 21.8. The molecule has 2 aliphatic rings. The molecule has 1 saturated heterocycles. The Balaban J connectivity index is 1.10. The first-order chi connectivity index (χ1) is 19.1. The van der Waals surface area contributed by atoms with Gasteiger partial charge in [-0.25, -0.2) is 0 Å². The number of aliphatic hydroxyl groups is 1. The van der Waals surface area contributed by atoms with Crippen molar-refractivity contribution < 1.29 is 14.8 Å². The van der Waals surface area contributed by atoms with Crippen molar-refractivity contribution in [3.8, 4) is 5.75 Å². The predicted octanol–water partition coefficient (Wildman–Crippen LogP) is 4.39. The lowest BCUT2D eigenvalue weighted by Gasteiger charge is -2.40. The van der Waals surface area contributed by atoms with Gasteiger partial charge in [0.1, 0.15) is 18.5 Å². The molecule has 1 aromatic heterocycles. The number of β-amino-alcohol motifs (C(OH)–C–C–N with tert-alkyl or cyclic N) is 1.